The lowest BCUT2D eigenvalue weighted by molar-refractivity contribution is 0.0435. The molecule has 0 radical (unpaired) electrons. The van der Waals surface area contributed by atoms with E-state index < -0.39 is 0 Å². The number of hydrogen-bond donors (Lipinski definition) is 2. The molecular weight excluding hydrogens is 162 g/mol. The summed E-state index contributed by atoms with van der Waals surface area (Å²) in [7, 11) is 0. The Bertz CT molecular complexity index is 150. The maximum Gasteiger partial charge on any atom is 0.0540 e. The van der Waals surface area contributed by atoms with Crippen LogP contribution in [0.2, 0.25) is 0 Å². The van der Waals surface area contributed by atoms with Crippen LogP contribution in [0.25, 0.3) is 0 Å². The second kappa shape index (κ2) is 4.43. The van der Waals surface area contributed by atoms with Crippen LogP contribution in [0.3, 0.4) is 0 Å². The number of rotatable bonds is 3. The second-order valence-electron chi connectivity index (χ2n) is 4.46. The first-order chi connectivity index (χ1) is 6.14. The molecule has 2 heteroatoms. The molecule has 0 aromatic carbocycles. The zero-order valence-corrected chi connectivity index (χ0v) is 8.92. The number of nitrogens with two attached hydrogens (primary N) is 1. The van der Waals surface area contributed by atoms with Gasteiger partial charge in [-0.15, -0.1) is 0 Å². The van der Waals surface area contributed by atoms with Crippen LogP contribution in [-0.4, -0.2) is 17.3 Å². The van der Waals surface area contributed by atoms with E-state index in [-0.39, 0.29) is 6.10 Å². The predicted molar refractivity (Wildman–Crippen MR) is 55.5 cm³/mol. The van der Waals surface area contributed by atoms with E-state index in [1.54, 1.807) is 0 Å². The van der Waals surface area contributed by atoms with E-state index in [1.165, 1.54) is 0 Å². The molecule has 2 nitrogen and oxygen atoms in total. The summed E-state index contributed by atoms with van der Waals surface area (Å²) in [5.74, 6) is 0. The predicted octanol–water partition coefficient (Wildman–Crippen LogP) is 2.05. The topological polar surface area (TPSA) is 46.2 Å². The van der Waals surface area contributed by atoms with Crippen molar-refractivity contribution in [3.8, 4) is 0 Å². The van der Waals surface area contributed by atoms with Gasteiger partial charge in [0, 0.05) is 6.04 Å². The average molecular weight is 185 g/mol. The first kappa shape index (κ1) is 11.0. The van der Waals surface area contributed by atoms with Gasteiger partial charge in [0.15, 0.2) is 0 Å². The highest BCUT2D eigenvalue weighted by Crippen LogP contribution is 2.42. The molecule has 78 valence electrons. The third-order valence-electron chi connectivity index (χ3n) is 3.88. The number of aliphatic hydroxyl groups is 1. The zero-order valence-electron chi connectivity index (χ0n) is 8.92. The van der Waals surface area contributed by atoms with Gasteiger partial charge in [-0.05, 0) is 43.9 Å². The van der Waals surface area contributed by atoms with Crippen molar-refractivity contribution in [1.82, 2.24) is 0 Å². The van der Waals surface area contributed by atoms with E-state index in [0.717, 1.165) is 38.5 Å². The lowest BCUT2D eigenvalue weighted by Crippen LogP contribution is -2.44. The molecule has 0 aromatic heterocycles. The molecule has 0 aromatic rings. The summed E-state index contributed by atoms with van der Waals surface area (Å²) in [5, 5.41) is 9.45. The van der Waals surface area contributed by atoms with Crippen molar-refractivity contribution in [2.45, 2.75) is 64.5 Å². The first-order valence-corrected chi connectivity index (χ1v) is 5.58. The van der Waals surface area contributed by atoms with E-state index in [0.29, 0.717) is 11.5 Å². The maximum absolute atomic E-state index is 9.45. The molecule has 0 amide bonds. The Morgan fingerprint density at radius 1 is 1.38 bits per heavy atom. The smallest absolute Gasteiger partial charge is 0.0540 e. The average Bonchev–Trinajstić information content (AvgIpc) is 2.18. The molecule has 13 heavy (non-hydrogen) atoms. The molecule has 1 rings (SSSR count). The minimum absolute atomic E-state index is 0.0660. The summed E-state index contributed by atoms with van der Waals surface area (Å²) in [6.45, 7) is 4.39. The Morgan fingerprint density at radius 3 is 2.31 bits per heavy atom. The van der Waals surface area contributed by atoms with Gasteiger partial charge in [-0.3, -0.25) is 0 Å². The fourth-order valence-electron chi connectivity index (χ4n) is 2.60. The maximum atomic E-state index is 9.45. The van der Waals surface area contributed by atoms with Crippen molar-refractivity contribution in [2.75, 3.05) is 0 Å². The van der Waals surface area contributed by atoms with Crippen LogP contribution in [0.5, 0.6) is 0 Å². The Kier molecular flexibility index (Phi) is 3.74. The quantitative estimate of drug-likeness (QED) is 0.707. The molecule has 1 saturated carbocycles. The summed E-state index contributed by atoms with van der Waals surface area (Å²) in [5.41, 5.74) is 6.48. The number of hydrogen-bond acceptors (Lipinski definition) is 2. The normalized spacial score (nSPS) is 37.4. The third kappa shape index (κ3) is 2.23. The summed E-state index contributed by atoms with van der Waals surface area (Å²) >= 11 is 0. The van der Waals surface area contributed by atoms with Crippen LogP contribution in [0, 0.1) is 5.41 Å². The second-order valence-corrected chi connectivity index (χ2v) is 4.46. The molecule has 0 heterocycles. The van der Waals surface area contributed by atoms with E-state index in [9.17, 15) is 5.11 Å². The monoisotopic (exact) mass is 185 g/mol. The minimum atomic E-state index is -0.0660. The summed E-state index contributed by atoms with van der Waals surface area (Å²) in [6.07, 6.45) is 6.27. The van der Waals surface area contributed by atoms with Gasteiger partial charge >= 0.3 is 0 Å². The minimum Gasteiger partial charge on any atom is -0.393 e. The summed E-state index contributed by atoms with van der Waals surface area (Å²) in [4.78, 5) is 0. The fourth-order valence-corrected chi connectivity index (χ4v) is 2.60. The van der Waals surface area contributed by atoms with Crippen molar-refractivity contribution in [1.29, 1.82) is 0 Å². The Hall–Kier alpha value is -0.0800. The largest absolute Gasteiger partial charge is 0.393 e. The van der Waals surface area contributed by atoms with Gasteiger partial charge in [-0.1, -0.05) is 13.8 Å². The van der Waals surface area contributed by atoms with Crippen LogP contribution in [0.1, 0.15) is 52.4 Å². The number of aliphatic hydroxyl groups excluding tert-OH is 1. The summed E-state index contributed by atoms with van der Waals surface area (Å²) in [6, 6.07) is 0.324. The van der Waals surface area contributed by atoms with Crippen molar-refractivity contribution in [3.05, 3.63) is 0 Å². The molecule has 1 aliphatic carbocycles. The summed E-state index contributed by atoms with van der Waals surface area (Å²) < 4.78 is 0. The molecule has 3 N–H and O–H groups in total. The lowest BCUT2D eigenvalue weighted by atomic mass is 9.66. The van der Waals surface area contributed by atoms with Gasteiger partial charge in [0.05, 0.1) is 6.10 Å². The Labute approximate surface area is 81.5 Å². The van der Waals surface area contributed by atoms with Crippen LogP contribution in [0.15, 0.2) is 0 Å². The molecule has 1 aliphatic rings. The Morgan fingerprint density at radius 2 is 1.92 bits per heavy atom. The molecule has 0 bridgehead atoms. The standard InChI is InChI=1S/C11H23NO/c1-3-10(12)11(4-2)7-5-9(13)6-8-11/h9-10,13H,3-8,12H2,1-2H3/t9-,10?,11+. The van der Waals surface area contributed by atoms with E-state index in [2.05, 4.69) is 13.8 Å². The molecular formula is C11H23NO. The van der Waals surface area contributed by atoms with Gasteiger partial charge in [0.2, 0.25) is 0 Å². The highest BCUT2D eigenvalue weighted by Gasteiger charge is 2.37. The van der Waals surface area contributed by atoms with E-state index >= 15 is 0 Å². The van der Waals surface area contributed by atoms with Crippen molar-refractivity contribution < 1.29 is 5.11 Å². The highest BCUT2D eigenvalue weighted by molar-refractivity contribution is 4.91. The Balaban J connectivity index is 2.60. The zero-order chi connectivity index (χ0) is 9.90. The van der Waals surface area contributed by atoms with Crippen molar-refractivity contribution in [2.24, 2.45) is 11.1 Å². The molecule has 1 unspecified atom stereocenters. The lowest BCUT2D eigenvalue weighted by Gasteiger charge is -2.42. The van der Waals surface area contributed by atoms with Crippen LogP contribution in [0.4, 0.5) is 0 Å². The van der Waals surface area contributed by atoms with Gasteiger partial charge in [0.1, 0.15) is 0 Å². The SMILES string of the molecule is CCC(N)[C@]1(CC)CC[C@H](O)CC1. The van der Waals surface area contributed by atoms with E-state index in [1.807, 2.05) is 0 Å². The molecule has 1 atom stereocenters. The third-order valence-corrected chi connectivity index (χ3v) is 3.88. The van der Waals surface area contributed by atoms with Crippen LogP contribution in [-0.2, 0) is 0 Å². The van der Waals surface area contributed by atoms with Crippen LogP contribution < -0.4 is 5.73 Å². The first-order valence-electron chi connectivity index (χ1n) is 5.58. The van der Waals surface area contributed by atoms with Gasteiger partial charge in [-0.25, -0.2) is 0 Å². The molecule has 0 saturated heterocycles. The molecule has 1 fully saturated rings. The van der Waals surface area contributed by atoms with Crippen molar-refractivity contribution in [3.63, 3.8) is 0 Å². The van der Waals surface area contributed by atoms with Gasteiger partial charge < -0.3 is 10.8 Å². The molecule has 0 aliphatic heterocycles. The highest BCUT2D eigenvalue weighted by atomic mass is 16.3. The van der Waals surface area contributed by atoms with Crippen molar-refractivity contribution >= 4 is 0 Å². The van der Waals surface area contributed by atoms with Gasteiger partial charge in [-0.2, -0.15) is 0 Å². The van der Waals surface area contributed by atoms with Gasteiger partial charge in [0.25, 0.3) is 0 Å². The van der Waals surface area contributed by atoms with E-state index in [4.69, 9.17) is 5.73 Å². The molecule has 0 spiro atoms. The fraction of sp³-hybridized carbons (Fsp3) is 1.00. The van der Waals surface area contributed by atoms with Crippen LogP contribution >= 0.6 is 0 Å².